The molecule has 0 spiro atoms. The topological polar surface area (TPSA) is 53.4 Å². The van der Waals surface area contributed by atoms with Crippen molar-refractivity contribution in [3.63, 3.8) is 0 Å². The summed E-state index contributed by atoms with van der Waals surface area (Å²) in [5.74, 6) is 0.638. The van der Waals surface area contributed by atoms with Gasteiger partial charge < -0.3 is 9.47 Å². The molecular formula is C21H26N2O3. The molecule has 2 heterocycles. The predicted molar refractivity (Wildman–Crippen MR) is 102 cm³/mol. The van der Waals surface area contributed by atoms with Crippen LogP contribution < -0.4 is 4.74 Å². The maximum absolute atomic E-state index is 11.5. The van der Waals surface area contributed by atoms with Gasteiger partial charge in [-0.05, 0) is 62.9 Å². The number of benzene rings is 1. The zero-order valence-electron chi connectivity index (χ0n) is 15.9. The Morgan fingerprint density at radius 1 is 1.31 bits per heavy atom. The molecule has 1 aromatic heterocycles. The van der Waals surface area contributed by atoms with Crippen LogP contribution in [0.2, 0.25) is 0 Å². The molecule has 0 saturated heterocycles. The van der Waals surface area contributed by atoms with Crippen molar-refractivity contribution in [3.8, 4) is 5.75 Å². The quantitative estimate of drug-likeness (QED) is 0.732. The molecule has 0 aliphatic carbocycles. The van der Waals surface area contributed by atoms with Crippen LogP contribution in [-0.2, 0) is 4.74 Å². The fourth-order valence-corrected chi connectivity index (χ4v) is 3.25. The van der Waals surface area contributed by atoms with Crippen LogP contribution in [0.3, 0.4) is 0 Å². The minimum Gasteiger partial charge on any atom is -0.488 e. The normalized spacial score (nSPS) is 14.8. The summed E-state index contributed by atoms with van der Waals surface area (Å²) in [6.45, 7) is 9.87. The summed E-state index contributed by atoms with van der Waals surface area (Å²) in [4.78, 5) is 11.5. The Hall–Kier alpha value is -2.40. The number of aldehydes is 1. The monoisotopic (exact) mass is 354 g/mol. The average Bonchev–Trinajstić information content (AvgIpc) is 3.13. The Balaban J connectivity index is 1.90. The van der Waals surface area contributed by atoms with Crippen LogP contribution in [0.25, 0.3) is 5.57 Å². The van der Waals surface area contributed by atoms with Gasteiger partial charge in [0.15, 0.2) is 6.29 Å². The number of carbonyl (C=O) groups excluding carboxylic acids is 1. The third-order valence-corrected chi connectivity index (χ3v) is 4.96. The molecule has 0 radical (unpaired) electrons. The molecule has 0 amide bonds. The summed E-state index contributed by atoms with van der Waals surface area (Å²) in [5, 5.41) is 4.43. The highest BCUT2D eigenvalue weighted by molar-refractivity contribution is 5.82. The smallest absolute Gasteiger partial charge is 0.154 e. The number of nitrogens with zero attached hydrogens (tertiary/aromatic N) is 2. The van der Waals surface area contributed by atoms with Gasteiger partial charge in [-0.2, -0.15) is 5.10 Å². The molecule has 26 heavy (non-hydrogen) atoms. The lowest BCUT2D eigenvalue weighted by Crippen LogP contribution is -2.18. The number of hydrogen-bond donors (Lipinski definition) is 0. The van der Waals surface area contributed by atoms with E-state index in [9.17, 15) is 4.79 Å². The second-order valence-electron chi connectivity index (χ2n) is 6.97. The van der Waals surface area contributed by atoms with E-state index >= 15 is 0 Å². The molecule has 0 bridgehead atoms. The number of rotatable bonds is 6. The molecule has 5 nitrogen and oxygen atoms in total. The number of aromatic nitrogens is 2. The fraction of sp³-hybridized carbons (Fsp3) is 0.429. The van der Waals surface area contributed by atoms with Gasteiger partial charge in [0.25, 0.3) is 0 Å². The van der Waals surface area contributed by atoms with Crippen molar-refractivity contribution in [2.45, 2.75) is 40.2 Å². The summed E-state index contributed by atoms with van der Waals surface area (Å²) in [7, 11) is 0. The van der Waals surface area contributed by atoms with Crippen LogP contribution in [0, 0.1) is 13.8 Å². The number of ether oxygens (including phenoxy) is 2. The summed E-state index contributed by atoms with van der Waals surface area (Å²) in [6, 6.07) is 6.17. The van der Waals surface area contributed by atoms with Crippen molar-refractivity contribution >= 4 is 11.9 Å². The van der Waals surface area contributed by atoms with Crippen molar-refractivity contribution in [2.24, 2.45) is 0 Å². The number of carbonyl (C=O) groups is 1. The van der Waals surface area contributed by atoms with Crippen molar-refractivity contribution < 1.29 is 14.3 Å². The Labute approximate surface area is 154 Å². The first-order valence-electron chi connectivity index (χ1n) is 9.03. The molecule has 1 aliphatic rings. The van der Waals surface area contributed by atoms with Crippen molar-refractivity contribution in [2.75, 3.05) is 19.8 Å². The lowest BCUT2D eigenvalue weighted by Gasteiger charge is -2.23. The van der Waals surface area contributed by atoms with Gasteiger partial charge in [-0.15, -0.1) is 0 Å². The number of hydrogen-bond acceptors (Lipinski definition) is 4. The van der Waals surface area contributed by atoms with Crippen molar-refractivity contribution in [1.82, 2.24) is 9.78 Å². The van der Waals surface area contributed by atoms with Gasteiger partial charge in [0.2, 0.25) is 0 Å². The van der Waals surface area contributed by atoms with E-state index in [-0.39, 0.29) is 6.04 Å². The third-order valence-electron chi connectivity index (χ3n) is 4.96. The lowest BCUT2D eigenvalue weighted by atomic mass is 10.0. The van der Waals surface area contributed by atoms with Gasteiger partial charge >= 0.3 is 0 Å². The van der Waals surface area contributed by atoms with E-state index in [0.29, 0.717) is 31.1 Å². The van der Waals surface area contributed by atoms with Gasteiger partial charge in [0.05, 0.1) is 24.5 Å². The van der Waals surface area contributed by atoms with Crippen molar-refractivity contribution in [3.05, 3.63) is 52.4 Å². The highest BCUT2D eigenvalue weighted by Gasteiger charge is 2.20. The molecule has 0 fully saturated rings. The second-order valence-corrected chi connectivity index (χ2v) is 6.97. The van der Waals surface area contributed by atoms with Crippen LogP contribution >= 0.6 is 0 Å². The van der Waals surface area contributed by atoms with E-state index in [1.807, 2.05) is 42.9 Å². The second kappa shape index (κ2) is 7.87. The number of aryl methyl sites for hydroxylation is 1. The fourth-order valence-electron chi connectivity index (χ4n) is 3.25. The minimum absolute atomic E-state index is 0.276. The van der Waals surface area contributed by atoms with E-state index < -0.39 is 0 Å². The van der Waals surface area contributed by atoms with Crippen LogP contribution in [0.15, 0.2) is 30.0 Å². The Morgan fingerprint density at radius 2 is 2.12 bits per heavy atom. The van der Waals surface area contributed by atoms with E-state index in [1.165, 1.54) is 5.57 Å². The van der Waals surface area contributed by atoms with Gasteiger partial charge in [-0.25, -0.2) is 0 Å². The first kappa shape index (κ1) is 18.4. The molecule has 5 heteroatoms. The van der Waals surface area contributed by atoms with E-state index in [1.54, 1.807) is 0 Å². The highest BCUT2D eigenvalue weighted by atomic mass is 16.5. The summed E-state index contributed by atoms with van der Waals surface area (Å²) in [5.41, 5.74) is 6.11. The van der Waals surface area contributed by atoms with Crippen LogP contribution in [0.4, 0.5) is 0 Å². The van der Waals surface area contributed by atoms with Gasteiger partial charge in [-0.3, -0.25) is 9.48 Å². The van der Waals surface area contributed by atoms with Crippen LogP contribution in [-0.4, -0.2) is 35.9 Å². The van der Waals surface area contributed by atoms with E-state index in [0.717, 1.165) is 35.1 Å². The van der Waals surface area contributed by atoms with Crippen LogP contribution in [0.1, 0.15) is 53.5 Å². The zero-order valence-corrected chi connectivity index (χ0v) is 15.9. The maximum atomic E-state index is 11.5. The van der Waals surface area contributed by atoms with E-state index in [4.69, 9.17) is 9.47 Å². The highest BCUT2D eigenvalue weighted by Crippen LogP contribution is 2.29. The molecule has 3 rings (SSSR count). The van der Waals surface area contributed by atoms with Crippen LogP contribution in [0.5, 0.6) is 5.75 Å². The van der Waals surface area contributed by atoms with Gasteiger partial charge in [0, 0.05) is 17.8 Å². The van der Waals surface area contributed by atoms with Crippen molar-refractivity contribution in [1.29, 1.82) is 0 Å². The molecule has 138 valence electrons. The zero-order chi connectivity index (χ0) is 18.7. The summed E-state index contributed by atoms with van der Waals surface area (Å²) in [6.07, 6.45) is 3.52. The third kappa shape index (κ3) is 3.58. The molecule has 0 atom stereocenters. The molecule has 1 aromatic carbocycles. The molecule has 2 aromatic rings. The summed E-state index contributed by atoms with van der Waals surface area (Å²) < 4.78 is 13.8. The SMILES string of the molecule is Cc1ccc(OCC2=C(c3ccnn3C(C)C)COCC2)c(C=O)c1C. The predicted octanol–water partition coefficient (Wildman–Crippen LogP) is 4.15. The first-order valence-corrected chi connectivity index (χ1v) is 9.03. The minimum atomic E-state index is 0.276. The molecule has 0 N–H and O–H groups in total. The molecule has 0 saturated carbocycles. The summed E-state index contributed by atoms with van der Waals surface area (Å²) >= 11 is 0. The largest absolute Gasteiger partial charge is 0.488 e. The average molecular weight is 354 g/mol. The van der Waals surface area contributed by atoms with E-state index in [2.05, 4.69) is 18.9 Å². The first-order chi connectivity index (χ1) is 12.5. The Kier molecular flexibility index (Phi) is 5.57. The van der Waals surface area contributed by atoms with Gasteiger partial charge in [-0.1, -0.05) is 6.07 Å². The molecule has 1 aliphatic heterocycles. The standard InChI is InChI=1S/C21H26N2O3/c1-14(2)23-20(7-9-22-23)19-13-25-10-8-17(19)12-26-21-6-5-15(3)16(4)18(21)11-24/h5-7,9,11,14H,8,10,12-13H2,1-4H3. The Morgan fingerprint density at radius 3 is 2.85 bits per heavy atom. The molecular weight excluding hydrogens is 328 g/mol. The maximum Gasteiger partial charge on any atom is 0.154 e. The lowest BCUT2D eigenvalue weighted by molar-refractivity contribution is 0.111. The van der Waals surface area contributed by atoms with Gasteiger partial charge in [0.1, 0.15) is 12.4 Å². The molecule has 0 unspecified atom stereocenters. The Bertz CT molecular complexity index is 834.